The molecule has 0 radical (unpaired) electrons. The normalized spacial score (nSPS) is 10.6. The molecule has 1 N–H and O–H groups in total. The number of ether oxygens (including phenoxy) is 1. The van der Waals surface area contributed by atoms with Crippen LogP contribution in [0.25, 0.3) is 0 Å². The van der Waals surface area contributed by atoms with Crippen LogP contribution in [0, 0.1) is 13.8 Å². The number of carbonyl (C=O) groups is 3. The summed E-state index contributed by atoms with van der Waals surface area (Å²) in [5, 5.41) is 1.28. The predicted octanol–water partition coefficient (Wildman–Crippen LogP) is 4.21. The number of hydrogen-bond acceptors (Lipinski definition) is 4. The molecule has 0 spiro atoms. The van der Waals surface area contributed by atoms with Crippen LogP contribution in [-0.2, 0) is 16.0 Å². The van der Waals surface area contributed by atoms with Crippen LogP contribution in [-0.4, -0.2) is 35.5 Å². The third-order valence-corrected chi connectivity index (χ3v) is 4.42. The van der Waals surface area contributed by atoms with Gasteiger partial charge in [0.15, 0.2) is 0 Å². The molecule has 0 aliphatic rings. The van der Waals surface area contributed by atoms with Crippen molar-refractivity contribution < 1.29 is 19.1 Å². The van der Waals surface area contributed by atoms with Gasteiger partial charge in [0.1, 0.15) is 6.61 Å². The summed E-state index contributed by atoms with van der Waals surface area (Å²) in [4.78, 5) is 35.8. The lowest BCUT2D eigenvalue weighted by molar-refractivity contribution is -0.120. The van der Waals surface area contributed by atoms with Crippen molar-refractivity contribution in [3.63, 3.8) is 0 Å². The molecule has 1 aromatic carbocycles. The molecule has 0 unspecified atom stereocenters. The topological polar surface area (TPSA) is 72.5 Å². The Kier molecular flexibility index (Phi) is 8.86. The van der Waals surface area contributed by atoms with Crippen LogP contribution in [0.5, 0.6) is 0 Å². The molecule has 8 heteroatoms. The molecule has 0 saturated heterocycles. The SMILES string of the molecule is CCc1c(NC(=O)COCCCCl)c(C)c(C(=O)Cl)c(C)c1C(=O)Cl. The minimum Gasteiger partial charge on any atom is -0.372 e. The molecular weight excluding hydrogens is 389 g/mol. The van der Waals surface area contributed by atoms with Gasteiger partial charge < -0.3 is 10.1 Å². The van der Waals surface area contributed by atoms with E-state index in [-0.39, 0.29) is 17.7 Å². The molecule has 1 amide bonds. The third-order valence-electron chi connectivity index (χ3n) is 3.77. The fourth-order valence-electron chi connectivity index (χ4n) is 2.69. The smallest absolute Gasteiger partial charge is 0.253 e. The lowest BCUT2D eigenvalue weighted by Gasteiger charge is -2.20. The molecule has 0 bridgehead atoms. The van der Waals surface area contributed by atoms with Crippen molar-refractivity contribution >= 4 is 56.9 Å². The Labute approximate surface area is 162 Å². The molecule has 1 aromatic rings. The van der Waals surface area contributed by atoms with E-state index in [0.29, 0.717) is 47.7 Å². The molecule has 5 nitrogen and oxygen atoms in total. The summed E-state index contributed by atoms with van der Waals surface area (Å²) in [6.45, 7) is 5.29. The number of nitrogens with one attached hydrogen (secondary N) is 1. The summed E-state index contributed by atoms with van der Waals surface area (Å²) >= 11 is 16.9. The number of amides is 1. The van der Waals surface area contributed by atoms with E-state index in [0.717, 1.165) is 0 Å². The Balaban J connectivity index is 3.31. The van der Waals surface area contributed by atoms with Gasteiger partial charge in [-0.1, -0.05) is 6.92 Å². The second-order valence-electron chi connectivity index (χ2n) is 5.40. The summed E-state index contributed by atoms with van der Waals surface area (Å²) in [5.74, 6) is 0.0401. The first-order valence-electron chi connectivity index (χ1n) is 7.75. The quantitative estimate of drug-likeness (QED) is 0.377. The van der Waals surface area contributed by atoms with E-state index in [1.807, 2.05) is 6.92 Å². The Morgan fingerprint density at radius 3 is 2.12 bits per heavy atom. The number of benzene rings is 1. The highest BCUT2D eigenvalue weighted by atomic mass is 35.5. The Hall–Kier alpha value is -1.14. The highest BCUT2D eigenvalue weighted by Crippen LogP contribution is 2.34. The van der Waals surface area contributed by atoms with E-state index < -0.39 is 16.4 Å². The van der Waals surface area contributed by atoms with Gasteiger partial charge in [0.25, 0.3) is 10.5 Å². The molecule has 0 aliphatic heterocycles. The van der Waals surface area contributed by atoms with E-state index in [1.165, 1.54) is 0 Å². The van der Waals surface area contributed by atoms with Crippen LogP contribution in [0.1, 0.15) is 50.8 Å². The monoisotopic (exact) mass is 407 g/mol. The van der Waals surface area contributed by atoms with Gasteiger partial charge >= 0.3 is 0 Å². The standard InChI is InChI=1S/C17H20Cl3NO4/c1-4-11-14(17(20)24)9(2)13(16(19)23)10(3)15(11)21-12(22)8-25-7-5-6-18/h4-8H2,1-3H3,(H,21,22). The van der Waals surface area contributed by atoms with Crippen molar-refractivity contribution in [1.29, 1.82) is 0 Å². The van der Waals surface area contributed by atoms with Gasteiger partial charge in [-0.05, 0) is 66.6 Å². The maximum absolute atomic E-state index is 12.1. The van der Waals surface area contributed by atoms with Crippen LogP contribution >= 0.6 is 34.8 Å². The Bertz CT molecular complexity index is 689. The first kappa shape index (κ1) is 21.9. The maximum Gasteiger partial charge on any atom is 0.253 e. The lowest BCUT2D eigenvalue weighted by atomic mass is 9.90. The minimum absolute atomic E-state index is 0.165. The average molecular weight is 409 g/mol. The molecule has 0 atom stereocenters. The highest BCUT2D eigenvalue weighted by Gasteiger charge is 2.25. The van der Waals surface area contributed by atoms with E-state index >= 15 is 0 Å². The predicted molar refractivity (Wildman–Crippen MR) is 100 cm³/mol. The molecule has 138 valence electrons. The van der Waals surface area contributed by atoms with Crippen LogP contribution in [0.3, 0.4) is 0 Å². The molecule has 0 heterocycles. The number of rotatable bonds is 9. The molecule has 0 saturated carbocycles. The van der Waals surface area contributed by atoms with Gasteiger partial charge in [0, 0.05) is 29.3 Å². The van der Waals surface area contributed by atoms with Crippen molar-refractivity contribution in [3.8, 4) is 0 Å². The van der Waals surface area contributed by atoms with Gasteiger partial charge in [-0.2, -0.15) is 0 Å². The van der Waals surface area contributed by atoms with Crippen LogP contribution in [0.15, 0.2) is 0 Å². The Morgan fingerprint density at radius 1 is 1.04 bits per heavy atom. The van der Waals surface area contributed by atoms with E-state index in [1.54, 1.807) is 13.8 Å². The number of carbonyl (C=O) groups excluding carboxylic acids is 3. The molecular formula is C17H20Cl3NO4. The summed E-state index contributed by atoms with van der Waals surface area (Å²) in [6.07, 6.45) is 1.07. The minimum atomic E-state index is -0.717. The molecule has 0 aromatic heterocycles. The maximum atomic E-state index is 12.1. The van der Waals surface area contributed by atoms with E-state index in [4.69, 9.17) is 39.5 Å². The van der Waals surface area contributed by atoms with Crippen LogP contribution < -0.4 is 5.32 Å². The van der Waals surface area contributed by atoms with Gasteiger partial charge in [0.05, 0.1) is 0 Å². The molecule has 0 aliphatic carbocycles. The van der Waals surface area contributed by atoms with Gasteiger partial charge in [-0.15, -0.1) is 11.6 Å². The fourth-order valence-corrected chi connectivity index (χ4v) is 3.34. The first-order chi connectivity index (χ1) is 11.8. The first-order valence-corrected chi connectivity index (χ1v) is 9.04. The molecule has 1 rings (SSSR count). The fraction of sp³-hybridized carbons (Fsp3) is 0.471. The zero-order valence-corrected chi connectivity index (χ0v) is 16.6. The number of halogens is 3. The van der Waals surface area contributed by atoms with Crippen LogP contribution in [0.4, 0.5) is 5.69 Å². The van der Waals surface area contributed by atoms with Crippen molar-refractivity contribution in [3.05, 3.63) is 27.8 Å². The van der Waals surface area contributed by atoms with E-state index in [2.05, 4.69) is 5.32 Å². The number of alkyl halides is 1. The Morgan fingerprint density at radius 2 is 1.64 bits per heavy atom. The zero-order valence-electron chi connectivity index (χ0n) is 14.3. The lowest BCUT2D eigenvalue weighted by Crippen LogP contribution is -2.22. The summed E-state index contributed by atoms with van der Waals surface area (Å²) in [7, 11) is 0. The van der Waals surface area contributed by atoms with E-state index in [9.17, 15) is 14.4 Å². The highest BCUT2D eigenvalue weighted by molar-refractivity contribution is 6.69. The van der Waals surface area contributed by atoms with Crippen LogP contribution in [0.2, 0.25) is 0 Å². The summed E-state index contributed by atoms with van der Waals surface area (Å²) < 4.78 is 5.22. The second-order valence-corrected chi connectivity index (χ2v) is 6.46. The second kappa shape index (κ2) is 10.1. The number of hydrogen-bond donors (Lipinski definition) is 1. The third kappa shape index (κ3) is 5.42. The zero-order chi connectivity index (χ0) is 19.1. The summed E-state index contributed by atoms with van der Waals surface area (Å²) in [6, 6.07) is 0. The van der Waals surface area contributed by atoms with Crippen molar-refractivity contribution in [1.82, 2.24) is 0 Å². The average Bonchev–Trinajstić information content (AvgIpc) is 2.53. The van der Waals surface area contributed by atoms with Gasteiger partial charge in [-0.25, -0.2) is 0 Å². The van der Waals surface area contributed by atoms with Gasteiger partial charge in [-0.3, -0.25) is 14.4 Å². The van der Waals surface area contributed by atoms with Gasteiger partial charge in [0.2, 0.25) is 5.91 Å². The molecule has 25 heavy (non-hydrogen) atoms. The summed E-state index contributed by atoms with van der Waals surface area (Å²) in [5.41, 5.74) is 2.19. The van der Waals surface area contributed by atoms with Crippen molar-refractivity contribution in [2.75, 3.05) is 24.4 Å². The van der Waals surface area contributed by atoms with Crippen molar-refractivity contribution in [2.24, 2.45) is 0 Å². The largest absolute Gasteiger partial charge is 0.372 e. The molecule has 0 fully saturated rings. The van der Waals surface area contributed by atoms with Crippen molar-refractivity contribution in [2.45, 2.75) is 33.6 Å². The number of anilines is 1.